The molecule has 0 amide bonds. The van der Waals surface area contributed by atoms with E-state index in [9.17, 15) is 0 Å². The summed E-state index contributed by atoms with van der Waals surface area (Å²) in [5.41, 5.74) is 4.24. The molecule has 3 rings (SSSR count). The molecule has 0 bridgehead atoms. The fourth-order valence-electron chi connectivity index (χ4n) is 2.04. The SMILES string of the molecule is CCc1nc(C(NC2CC2)c2cscn2)sc1C. The average molecular weight is 279 g/mol. The standard InChI is InChI=1S/C13H17N3S2/c1-3-10-8(2)18-13(16-10)12(15-9-4-5-9)11-6-17-7-14-11/h6-7,9,12,15H,3-5H2,1-2H3. The van der Waals surface area contributed by atoms with Crippen LogP contribution >= 0.6 is 22.7 Å². The third kappa shape index (κ3) is 2.48. The zero-order valence-electron chi connectivity index (χ0n) is 10.6. The first-order chi connectivity index (χ1) is 8.78. The van der Waals surface area contributed by atoms with Gasteiger partial charge < -0.3 is 5.32 Å². The molecule has 2 heterocycles. The van der Waals surface area contributed by atoms with Gasteiger partial charge in [-0.15, -0.1) is 22.7 Å². The van der Waals surface area contributed by atoms with Crippen LogP contribution in [0.3, 0.4) is 0 Å². The van der Waals surface area contributed by atoms with Gasteiger partial charge in [-0.1, -0.05) is 6.92 Å². The molecule has 0 spiro atoms. The zero-order valence-corrected chi connectivity index (χ0v) is 12.3. The van der Waals surface area contributed by atoms with E-state index < -0.39 is 0 Å². The second-order valence-corrected chi connectivity index (χ2v) is 6.65. The van der Waals surface area contributed by atoms with Crippen LogP contribution in [0.1, 0.15) is 47.1 Å². The monoisotopic (exact) mass is 279 g/mol. The minimum Gasteiger partial charge on any atom is -0.300 e. The topological polar surface area (TPSA) is 37.8 Å². The second-order valence-electron chi connectivity index (χ2n) is 4.70. The van der Waals surface area contributed by atoms with Crippen molar-refractivity contribution in [1.82, 2.24) is 15.3 Å². The van der Waals surface area contributed by atoms with Gasteiger partial charge in [-0.05, 0) is 26.2 Å². The molecule has 1 unspecified atom stereocenters. The number of thiazole rings is 2. The van der Waals surface area contributed by atoms with Crippen molar-refractivity contribution in [2.75, 3.05) is 0 Å². The quantitative estimate of drug-likeness (QED) is 0.912. The smallest absolute Gasteiger partial charge is 0.116 e. The highest BCUT2D eigenvalue weighted by molar-refractivity contribution is 7.11. The first-order valence-corrected chi connectivity index (χ1v) is 8.14. The summed E-state index contributed by atoms with van der Waals surface area (Å²) in [5.74, 6) is 0. The molecule has 3 nitrogen and oxygen atoms in total. The summed E-state index contributed by atoms with van der Waals surface area (Å²) in [6.07, 6.45) is 3.58. The van der Waals surface area contributed by atoms with Crippen LogP contribution in [-0.4, -0.2) is 16.0 Å². The zero-order chi connectivity index (χ0) is 12.5. The molecule has 1 N–H and O–H groups in total. The van der Waals surface area contributed by atoms with Gasteiger partial charge in [-0.3, -0.25) is 0 Å². The highest BCUT2D eigenvalue weighted by atomic mass is 32.1. The molecule has 18 heavy (non-hydrogen) atoms. The molecule has 1 aliphatic rings. The molecule has 0 radical (unpaired) electrons. The van der Waals surface area contributed by atoms with Gasteiger partial charge in [0.25, 0.3) is 0 Å². The van der Waals surface area contributed by atoms with Crippen molar-refractivity contribution in [3.8, 4) is 0 Å². The Morgan fingerprint density at radius 2 is 2.33 bits per heavy atom. The lowest BCUT2D eigenvalue weighted by Crippen LogP contribution is -2.24. The molecule has 96 valence electrons. The van der Waals surface area contributed by atoms with E-state index in [1.54, 1.807) is 22.7 Å². The Hall–Kier alpha value is -0.780. The number of aromatic nitrogens is 2. The van der Waals surface area contributed by atoms with E-state index in [2.05, 4.69) is 29.5 Å². The Labute approximate surface area is 115 Å². The molecule has 0 saturated heterocycles. The van der Waals surface area contributed by atoms with Crippen LogP contribution in [-0.2, 0) is 6.42 Å². The van der Waals surface area contributed by atoms with Crippen LogP contribution < -0.4 is 5.32 Å². The summed E-state index contributed by atoms with van der Waals surface area (Å²) < 4.78 is 0. The number of hydrogen-bond donors (Lipinski definition) is 1. The molecule has 0 aromatic carbocycles. The lowest BCUT2D eigenvalue weighted by Gasteiger charge is -2.13. The predicted molar refractivity (Wildman–Crippen MR) is 76.3 cm³/mol. The first-order valence-electron chi connectivity index (χ1n) is 6.38. The van der Waals surface area contributed by atoms with Gasteiger partial charge in [0.05, 0.1) is 16.9 Å². The van der Waals surface area contributed by atoms with Gasteiger partial charge in [-0.2, -0.15) is 0 Å². The first kappa shape index (κ1) is 12.3. The number of nitrogens with zero attached hydrogens (tertiary/aromatic N) is 2. The van der Waals surface area contributed by atoms with E-state index in [1.165, 1.54) is 28.4 Å². The van der Waals surface area contributed by atoms with Crippen LogP contribution in [0.15, 0.2) is 10.9 Å². The van der Waals surface area contributed by atoms with E-state index in [0.717, 1.165) is 12.1 Å². The normalized spacial score (nSPS) is 17.0. The third-order valence-electron chi connectivity index (χ3n) is 3.22. The lowest BCUT2D eigenvalue weighted by atomic mass is 10.2. The number of nitrogens with one attached hydrogen (secondary N) is 1. The van der Waals surface area contributed by atoms with Crippen LogP contribution in [0.4, 0.5) is 0 Å². The number of rotatable bonds is 5. The minimum absolute atomic E-state index is 0.188. The van der Waals surface area contributed by atoms with Crippen LogP contribution in [0.25, 0.3) is 0 Å². The number of hydrogen-bond acceptors (Lipinski definition) is 5. The van der Waals surface area contributed by atoms with E-state index in [-0.39, 0.29) is 6.04 Å². The van der Waals surface area contributed by atoms with Crippen molar-refractivity contribution in [2.45, 2.75) is 45.2 Å². The third-order valence-corrected chi connectivity index (χ3v) is 4.90. The van der Waals surface area contributed by atoms with Crippen LogP contribution in [0, 0.1) is 6.92 Å². The van der Waals surface area contributed by atoms with Crippen molar-refractivity contribution < 1.29 is 0 Å². The molecular weight excluding hydrogens is 262 g/mol. The van der Waals surface area contributed by atoms with Gasteiger partial charge in [0.15, 0.2) is 0 Å². The Bertz CT molecular complexity index is 514. The fourth-order valence-corrected chi connectivity index (χ4v) is 3.70. The van der Waals surface area contributed by atoms with Gasteiger partial charge in [0.2, 0.25) is 0 Å². The maximum absolute atomic E-state index is 4.79. The van der Waals surface area contributed by atoms with E-state index in [1.807, 2.05) is 5.51 Å². The molecule has 1 fully saturated rings. The maximum atomic E-state index is 4.79. The highest BCUT2D eigenvalue weighted by Gasteiger charge is 2.29. The van der Waals surface area contributed by atoms with Crippen molar-refractivity contribution in [3.05, 3.63) is 32.2 Å². The summed E-state index contributed by atoms with van der Waals surface area (Å²) in [6.45, 7) is 4.33. The van der Waals surface area contributed by atoms with Gasteiger partial charge in [0, 0.05) is 16.3 Å². The highest BCUT2D eigenvalue weighted by Crippen LogP contribution is 2.32. The molecule has 2 aromatic rings. The second kappa shape index (κ2) is 5.07. The Morgan fingerprint density at radius 1 is 1.50 bits per heavy atom. The molecule has 2 aromatic heterocycles. The van der Waals surface area contributed by atoms with E-state index >= 15 is 0 Å². The van der Waals surface area contributed by atoms with Gasteiger partial charge in [0.1, 0.15) is 11.0 Å². The average Bonchev–Trinajstić information content (AvgIpc) is 2.90. The van der Waals surface area contributed by atoms with E-state index in [4.69, 9.17) is 4.98 Å². The summed E-state index contributed by atoms with van der Waals surface area (Å²) in [6, 6.07) is 0.846. The molecule has 5 heteroatoms. The van der Waals surface area contributed by atoms with Crippen LogP contribution in [0.5, 0.6) is 0 Å². The Kier molecular flexibility index (Phi) is 3.46. The fraction of sp³-hybridized carbons (Fsp3) is 0.538. The summed E-state index contributed by atoms with van der Waals surface area (Å²) in [5, 5.41) is 6.96. The maximum Gasteiger partial charge on any atom is 0.116 e. The molecule has 1 atom stereocenters. The summed E-state index contributed by atoms with van der Waals surface area (Å²) >= 11 is 3.46. The lowest BCUT2D eigenvalue weighted by molar-refractivity contribution is 0.586. The van der Waals surface area contributed by atoms with Crippen molar-refractivity contribution in [2.24, 2.45) is 0 Å². The summed E-state index contributed by atoms with van der Waals surface area (Å²) in [7, 11) is 0. The number of aryl methyl sites for hydroxylation is 2. The molecular formula is C13H17N3S2. The van der Waals surface area contributed by atoms with E-state index in [0.29, 0.717) is 6.04 Å². The Morgan fingerprint density at radius 3 is 2.89 bits per heavy atom. The predicted octanol–water partition coefficient (Wildman–Crippen LogP) is 3.31. The van der Waals surface area contributed by atoms with Crippen LogP contribution in [0.2, 0.25) is 0 Å². The molecule has 1 aliphatic carbocycles. The van der Waals surface area contributed by atoms with Crippen molar-refractivity contribution in [1.29, 1.82) is 0 Å². The summed E-state index contributed by atoms with van der Waals surface area (Å²) in [4.78, 5) is 10.6. The van der Waals surface area contributed by atoms with Crippen molar-refractivity contribution in [3.63, 3.8) is 0 Å². The Balaban J connectivity index is 1.91. The van der Waals surface area contributed by atoms with Gasteiger partial charge >= 0.3 is 0 Å². The molecule has 0 aliphatic heterocycles. The van der Waals surface area contributed by atoms with Gasteiger partial charge in [-0.25, -0.2) is 9.97 Å². The largest absolute Gasteiger partial charge is 0.300 e. The molecule has 1 saturated carbocycles. The van der Waals surface area contributed by atoms with Crippen molar-refractivity contribution >= 4 is 22.7 Å². The minimum atomic E-state index is 0.188.